The van der Waals surface area contributed by atoms with E-state index in [1.165, 1.54) is 24.8 Å². The van der Waals surface area contributed by atoms with Crippen LogP contribution in [0.25, 0.3) is 0 Å². The Labute approximate surface area is 173 Å². The second-order valence-corrected chi connectivity index (χ2v) is 8.61. The molecule has 2 aromatic carbocycles. The molecule has 0 spiro atoms. The van der Waals surface area contributed by atoms with Gasteiger partial charge in [0, 0.05) is 45.5 Å². The number of carbonyl (C=O) groups excluding carboxylic acids is 1. The molecule has 0 atom stereocenters. The Kier molecular flexibility index (Phi) is 8.63. The second-order valence-electron chi connectivity index (χ2n) is 6.84. The molecule has 0 unspecified atom stereocenters. The molecule has 1 amide bonds. The quantitative estimate of drug-likeness (QED) is 0.544. The lowest BCUT2D eigenvalue weighted by Gasteiger charge is -2.12. The molecule has 29 heavy (non-hydrogen) atoms. The predicted octanol–water partition coefficient (Wildman–Crippen LogP) is 2.04. The second kappa shape index (κ2) is 10.9. The Bertz CT molecular complexity index is 896. The Hall–Kier alpha value is -2.42. The van der Waals surface area contributed by atoms with Gasteiger partial charge in [-0.05, 0) is 48.7 Å². The average Bonchev–Trinajstić information content (AvgIpc) is 2.71. The summed E-state index contributed by atoms with van der Waals surface area (Å²) in [4.78, 5) is 14.5. The van der Waals surface area contributed by atoms with Gasteiger partial charge in [-0.2, -0.15) is 0 Å². The van der Waals surface area contributed by atoms with E-state index < -0.39 is 10.0 Å². The first-order valence-electron chi connectivity index (χ1n) is 9.46. The van der Waals surface area contributed by atoms with E-state index in [4.69, 9.17) is 4.74 Å². The Morgan fingerprint density at radius 3 is 2.45 bits per heavy atom. The summed E-state index contributed by atoms with van der Waals surface area (Å²) < 4.78 is 31.8. The van der Waals surface area contributed by atoms with Crippen molar-refractivity contribution < 1.29 is 17.9 Å². The summed E-state index contributed by atoms with van der Waals surface area (Å²) in [5, 5.41) is 2.85. The van der Waals surface area contributed by atoms with Crippen LogP contribution < -0.4 is 14.9 Å². The molecule has 8 heteroatoms. The molecule has 0 aliphatic heterocycles. The number of rotatable bonds is 11. The van der Waals surface area contributed by atoms with E-state index in [9.17, 15) is 13.2 Å². The van der Waals surface area contributed by atoms with Crippen molar-refractivity contribution in [2.45, 2.75) is 17.7 Å². The summed E-state index contributed by atoms with van der Waals surface area (Å²) in [7, 11) is 1.83. The van der Waals surface area contributed by atoms with Gasteiger partial charge in [0.2, 0.25) is 10.0 Å². The molecule has 0 heterocycles. The molecule has 0 fully saturated rings. The number of hydrogen-bond donors (Lipinski definition) is 2. The van der Waals surface area contributed by atoms with Crippen LogP contribution in [0.5, 0.6) is 0 Å². The van der Waals surface area contributed by atoms with Crippen molar-refractivity contribution in [3.05, 3.63) is 59.7 Å². The number of nitrogens with zero attached hydrogens (tertiary/aromatic N) is 1. The van der Waals surface area contributed by atoms with Crippen molar-refractivity contribution in [2.75, 3.05) is 45.8 Å². The fourth-order valence-electron chi connectivity index (χ4n) is 2.72. The lowest BCUT2D eigenvalue weighted by Crippen LogP contribution is -2.28. The molecule has 2 aromatic rings. The highest BCUT2D eigenvalue weighted by atomic mass is 32.2. The molecule has 2 rings (SSSR count). The first kappa shape index (κ1) is 22.9. The Balaban J connectivity index is 1.86. The first-order valence-corrected chi connectivity index (χ1v) is 10.9. The molecule has 0 saturated carbocycles. The van der Waals surface area contributed by atoms with Gasteiger partial charge in [0.05, 0.1) is 11.5 Å². The van der Waals surface area contributed by atoms with Crippen molar-refractivity contribution in [3.63, 3.8) is 0 Å². The normalized spacial score (nSPS) is 11.3. The minimum Gasteiger partial charge on any atom is -0.383 e. The third-order valence-corrected chi connectivity index (χ3v) is 5.84. The van der Waals surface area contributed by atoms with E-state index in [1.54, 1.807) is 12.1 Å². The molecule has 158 valence electrons. The largest absolute Gasteiger partial charge is 0.383 e. The van der Waals surface area contributed by atoms with Crippen molar-refractivity contribution in [3.8, 4) is 0 Å². The molecule has 0 aliphatic carbocycles. The molecule has 0 saturated heterocycles. The Morgan fingerprint density at radius 2 is 1.79 bits per heavy atom. The third kappa shape index (κ3) is 7.16. The van der Waals surface area contributed by atoms with Gasteiger partial charge in [-0.15, -0.1) is 0 Å². The number of anilines is 1. The highest BCUT2D eigenvalue weighted by Gasteiger charge is 2.15. The van der Waals surface area contributed by atoms with Crippen molar-refractivity contribution in [1.29, 1.82) is 0 Å². The van der Waals surface area contributed by atoms with Crippen LogP contribution in [-0.2, 0) is 21.2 Å². The van der Waals surface area contributed by atoms with Crippen molar-refractivity contribution in [1.82, 2.24) is 10.0 Å². The van der Waals surface area contributed by atoms with Crippen LogP contribution in [0.1, 0.15) is 22.3 Å². The van der Waals surface area contributed by atoms with E-state index in [0.717, 1.165) is 18.5 Å². The van der Waals surface area contributed by atoms with Crippen LogP contribution in [-0.4, -0.2) is 55.2 Å². The zero-order valence-electron chi connectivity index (χ0n) is 17.1. The van der Waals surface area contributed by atoms with Crippen molar-refractivity contribution >= 4 is 21.6 Å². The summed E-state index contributed by atoms with van der Waals surface area (Å²) >= 11 is 0. The maximum atomic E-state index is 12.4. The minimum absolute atomic E-state index is 0.0576. The zero-order valence-corrected chi connectivity index (χ0v) is 18.0. The molecular formula is C21H29N3O4S. The first-order chi connectivity index (χ1) is 13.8. The fraction of sp³-hybridized carbons (Fsp3) is 0.381. The van der Waals surface area contributed by atoms with E-state index in [0.29, 0.717) is 12.1 Å². The predicted molar refractivity (Wildman–Crippen MR) is 115 cm³/mol. The number of hydrogen-bond acceptors (Lipinski definition) is 5. The average molecular weight is 420 g/mol. The minimum atomic E-state index is -3.67. The van der Waals surface area contributed by atoms with Gasteiger partial charge < -0.3 is 15.0 Å². The fourth-order valence-corrected chi connectivity index (χ4v) is 3.78. The summed E-state index contributed by atoms with van der Waals surface area (Å²) in [5.74, 6) is -0.290. The summed E-state index contributed by atoms with van der Waals surface area (Å²) in [6.45, 7) is 0.958. The molecular weight excluding hydrogens is 390 g/mol. The van der Waals surface area contributed by atoms with Gasteiger partial charge in [0.15, 0.2) is 0 Å². The molecule has 2 N–H and O–H groups in total. The van der Waals surface area contributed by atoms with Crippen LogP contribution in [0.2, 0.25) is 0 Å². The number of nitrogens with one attached hydrogen (secondary N) is 2. The topological polar surface area (TPSA) is 87.7 Å². The van der Waals surface area contributed by atoms with Gasteiger partial charge >= 0.3 is 0 Å². The monoisotopic (exact) mass is 419 g/mol. The van der Waals surface area contributed by atoms with Crippen LogP contribution >= 0.6 is 0 Å². The molecule has 7 nitrogen and oxygen atoms in total. The van der Waals surface area contributed by atoms with E-state index in [2.05, 4.69) is 34.3 Å². The number of carbonyl (C=O) groups is 1. The number of benzene rings is 2. The number of amides is 1. The maximum Gasteiger partial charge on any atom is 0.251 e. The van der Waals surface area contributed by atoms with Crippen LogP contribution in [0.4, 0.5) is 5.69 Å². The van der Waals surface area contributed by atoms with Crippen molar-refractivity contribution in [2.24, 2.45) is 0 Å². The van der Waals surface area contributed by atoms with Crippen LogP contribution in [0, 0.1) is 0 Å². The van der Waals surface area contributed by atoms with E-state index in [-0.39, 0.29) is 24.0 Å². The summed E-state index contributed by atoms with van der Waals surface area (Å²) in [5.41, 5.74) is 2.67. The number of ether oxygens (including phenoxy) is 1. The van der Waals surface area contributed by atoms with E-state index in [1.807, 2.05) is 19.0 Å². The smallest absolute Gasteiger partial charge is 0.251 e. The van der Waals surface area contributed by atoms with Gasteiger partial charge in [-0.3, -0.25) is 4.79 Å². The molecule has 0 aliphatic rings. The van der Waals surface area contributed by atoms with Crippen LogP contribution in [0.15, 0.2) is 53.4 Å². The van der Waals surface area contributed by atoms with Gasteiger partial charge in [-0.1, -0.05) is 18.2 Å². The SMILES string of the molecule is COCCNS(=O)(=O)c1cccc(C(=O)NCCCc2ccc(N(C)C)cc2)c1. The lowest BCUT2D eigenvalue weighted by molar-refractivity contribution is 0.0953. The maximum absolute atomic E-state index is 12.4. The number of methoxy groups -OCH3 is 1. The summed E-state index contributed by atoms with van der Waals surface area (Å²) in [6, 6.07) is 14.3. The zero-order chi connectivity index (χ0) is 21.3. The standard InChI is InChI=1S/C21H29N3O4S/c1-24(2)19-11-9-17(10-12-19)6-5-13-22-21(25)18-7-4-8-20(16-18)29(26,27)23-14-15-28-3/h4,7-12,16,23H,5-6,13-15H2,1-3H3,(H,22,25). The van der Waals surface area contributed by atoms with E-state index >= 15 is 0 Å². The van der Waals surface area contributed by atoms with Gasteiger partial charge in [0.1, 0.15) is 0 Å². The summed E-state index contributed by atoms with van der Waals surface area (Å²) in [6.07, 6.45) is 1.65. The number of sulfonamides is 1. The van der Waals surface area contributed by atoms with Gasteiger partial charge in [-0.25, -0.2) is 13.1 Å². The van der Waals surface area contributed by atoms with Crippen LogP contribution in [0.3, 0.4) is 0 Å². The lowest BCUT2D eigenvalue weighted by atomic mass is 10.1. The third-order valence-electron chi connectivity index (χ3n) is 4.39. The number of aryl methyl sites for hydroxylation is 1. The Morgan fingerprint density at radius 1 is 1.07 bits per heavy atom. The molecule has 0 radical (unpaired) electrons. The van der Waals surface area contributed by atoms with Gasteiger partial charge in [0.25, 0.3) is 5.91 Å². The highest BCUT2D eigenvalue weighted by Crippen LogP contribution is 2.14. The highest BCUT2D eigenvalue weighted by molar-refractivity contribution is 7.89. The molecule has 0 aromatic heterocycles. The molecule has 0 bridgehead atoms.